The van der Waals surface area contributed by atoms with E-state index in [4.69, 9.17) is 10.5 Å². The van der Waals surface area contributed by atoms with Crippen molar-refractivity contribution in [3.05, 3.63) is 29.6 Å². The third-order valence-corrected chi connectivity index (χ3v) is 1.92. The molecule has 17 heavy (non-hydrogen) atoms. The van der Waals surface area contributed by atoms with E-state index in [0.717, 1.165) is 0 Å². The Morgan fingerprint density at radius 3 is 2.65 bits per heavy atom. The van der Waals surface area contributed by atoms with E-state index >= 15 is 0 Å². The molecule has 0 radical (unpaired) electrons. The Bertz CT molecular complexity index is 413. The highest BCUT2D eigenvalue weighted by molar-refractivity contribution is 5.85. The van der Waals surface area contributed by atoms with Crippen LogP contribution in [0.5, 0.6) is 0 Å². The molecule has 0 unspecified atom stereocenters. The third kappa shape index (κ3) is 4.40. The molecule has 1 aromatic carbocycles. The largest absolute Gasteiger partial charge is 0.444 e. The van der Waals surface area contributed by atoms with Crippen LogP contribution in [0.15, 0.2) is 18.2 Å². The summed E-state index contributed by atoms with van der Waals surface area (Å²) in [6.45, 7) is 5.44. The summed E-state index contributed by atoms with van der Waals surface area (Å²) < 4.78 is 18.0. The lowest BCUT2D eigenvalue weighted by Gasteiger charge is -2.20. The zero-order valence-corrected chi connectivity index (χ0v) is 10.2. The predicted octanol–water partition coefficient (Wildman–Crippen LogP) is 2.63. The van der Waals surface area contributed by atoms with E-state index in [1.807, 2.05) is 0 Å². The van der Waals surface area contributed by atoms with Crippen LogP contribution in [0.25, 0.3) is 0 Å². The summed E-state index contributed by atoms with van der Waals surface area (Å²) in [5, 5.41) is 2.54. The molecule has 94 valence electrons. The van der Waals surface area contributed by atoms with Crippen LogP contribution in [0, 0.1) is 5.82 Å². The van der Waals surface area contributed by atoms with E-state index in [2.05, 4.69) is 5.32 Å². The highest BCUT2D eigenvalue weighted by Gasteiger charge is 2.17. The van der Waals surface area contributed by atoms with Crippen LogP contribution in [0.1, 0.15) is 26.3 Å². The van der Waals surface area contributed by atoms with E-state index in [9.17, 15) is 9.18 Å². The highest BCUT2D eigenvalue weighted by atomic mass is 19.1. The first-order valence-corrected chi connectivity index (χ1v) is 5.30. The minimum absolute atomic E-state index is 0.142. The van der Waals surface area contributed by atoms with Crippen LogP contribution >= 0.6 is 0 Å². The number of carbonyl (C=O) groups is 1. The zero-order chi connectivity index (χ0) is 13.1. The molecule has 0 aliphatic carbocycles. The van der Waals surface area contributed by atoms with Gasteiger partial charge in [-0.1, -0.05) is 0 Å². The van der Waals surface area contributed by atoms with Crippen LogP contribution in [0.4, 0.5) is 14.9 Å². The summed E-state index contributed by atoms with van der Waals surface area (Å²) in [7, 11) is 0. The van der Waals surface area contributed by atoms with Crippen LogP contribution in [-0.2, 0) is 11.3 Å². The van der Waals surface area contributed by atoms with E-state index in [0.29, 0.717) is 11.3 Å². The maximum Gasteiger partial charge on any atom is 0.412 e. The fraction of sp³-hybridized carbons (Fsp3) is 0.417. The van der Waals surface area contributed by atoms with E-state index < -0.39 is 11.7 Å². The standard InChI is InChI=1S/C12H17FN2O2/c1-12(2,3)17-11(16)15-10-5-4-9(13)6-8(10)7-14/h4-6H,7,14H2,1-3H3,(H,15,16). The summed E-state index contributed by atoms with van der Waals surface area (Å²) in [5.74, 6) is -0.389. The van der Waals surface area contributed by atoms with Crippen molar-refractivity contribution in [3.63, 3.8) is 0 Å². The first-order valence-electron chi connectivity index (χ1n) is 5.30. The van der Waals surface area contributed by atoms with Crippen LogP contribution < -0.4 is 11.1 Å². The fourth-order valence-corrected chi connectivity index (χ4v) is 1.27. The van der Waals surface area contributed by atoms with Gasteiger partial charge in [0.2, 0.25) is 0 Å². The Morgan fingerprint density at radius 2 is 2.12 bits per heavy atom. The van der Waals surface area contributed by atoms with Gasteiger partial charge in [-0.3, -0.25) is 5.32 Å². The maximum absolute atomic E-state index is 12.9. The minimum atomic E-state index is -0.584. The Kier molecular flexibility index (Phi) is 4.07. The molecule has 1 rings (SSSR count). The molecule has 0 bridgehead atoms. The van der Waals surface area contributed by atoms with Gasteiger partial charge in [-0.05, 0) is 44.5 Å². The second-order valence-electron chi connectivity index (χ2n) is 4.63. The first kappa shape index (κ1) is 13.4. The zero-order valence-electron chi connectivity index (χ0n) is 10.2. The van der Waals surface area contributed by atoms with Crippen molar-refractivity contribution < 1.29 is 13.9 Å². The number of rotatable bonds is 2. The highest BCUT2D eigenvalue weighted by Crippen LogP contribution is 2.17. The number of anilines is 1. The van der Waals surface area contributed by atoms with Gasteiger partial charge in [0, 0.05) is 12.2 Å². The Balaban J connectivity index is 2.78. The number of hydrogen-bond acceptors (Lipinski definition) is 3. The molecule has 0 aromatic heterocycles. The lowest BCUT2D eigenvalue weighted by Crippen LogP contribution is -2.27. The van der Waals surface area contributed by atoms with Gasteiger partial charge < -0.3 is 10.5 Å². The van der Waals surface area contributed by atoms with Crippen molar-refractivity contribution in [2.75, 3.05) is 5.32 Å². The number of ether oxygens (including phenoxy) is 1. The van der Waals surface area contributed by atoms with Gasteiger partial charge in [-0.25, -0.2) is 9.18 Å². The number of amides is 1. The lowest BCUT2D eigenvalue weighted by molar-refractivity contribution is 0.0636. The van der Waals surface area contributed by atoms with Crippen molar-refractivity contribution >= 4 is 11.8 Å². The number of halogens is 1. The minimum Gasteiger partial charge on any atom is -0.444 e. The molecule has 0 spiro atoms. The molecule has 1 amide bonds. The molecule has 0 aliphatic rings. The Morgan fingerprint density at radius 1 is 1.47 bits per heavy atom. The van der Waals surface area contributed by atoms with Gasteiger partial charge in [0.25, 0.3) is 0 Å². The molecule has 0 aliphatic heterocycles. The fourth-order valence-electron chi connectivity index (χ4n) is 1.27. The lowest BCUT2D eigenvalue weighted by atomic mass is 10.1. The molecule has 0 fully saturated rings. The predicted molar refractivity (Wildman–Crippen MR) is 64.1 cm³/mol. The first-order chi connectivity index (χ1) is 7.81. The van der Waals surface area contributed by atoms with Gasteiger partial charge >= 0.3 is 6.09 Å². The van der Waals surface area contributed by atoms with Gasteiger partial charge in [0.15, 0.2) is 0 Å². The molecule has 3 N–H and O–H groups in total. The average Bonchev–Trinajstić information content (AvgIpc) is 2.17. The van der Waals surface area contributed by atoms with Gasteiger partial charge in [-0.15, -0.1) is 0 Å². The maximum atomic E-state index is 12.9. The third-order valence-electron chi connectivity index (χ3n) is 1.92. The van der Waals surface area contributed by atoms with Crippen LogP contribution in [-0.4, -0.2) is 11.7 Å². The van der Waals surface area contributed by atoms with E-state index in [1.54, 1.807) is 20.8 Å². The molecule has 0 saturated heterocycles. The van der Waals surface area contributed by atoms with Crippen molar-refractivity contribution in [3.8, 4) is 0 Å². The summed E-state index contributed by atoms with van der Waals surface area (Å²) >= 11 is 0. The summed E-state index contributed by atoms with van der Waals surface area (Å²) in [6.07, 6.45) is -0.584. The SMILES string of the molecule is CC(C)(C)OC(=O)Nc1ccc(F)cc1CN. The van der Waals surface area contributed by atoms with Gasteiger partial charge in [0.05, 0.1) is 0 Å². The van der Waals surface area contributed by atoms with Gasteiger partial charge in [-0.2, -0.15) is 0 Å². The molecule has 4 nitrogen and oxygen atoms in total. The van der Waals surface area contributed by atoms with Crippen molar-refractivity contribution in [2.24, 2.45) is 5.73 Å². The quantitative estimate of drug-likeness (QED) is 0.835. The molecular weight excluding hydrogens is 223 g/mol. The summed E-state index contributed by atoms with van der Waals surface area (Å²) in [5.41, 5.74) is 5.87. The number of nitrogens with one attached hydrogen (secondary N) is 1. The van der Waals surface area contributed by atoms with Crippen molar-refractivity contribution in [1.29, 1.82) is 0 Å². The van der Waals surface area contributed by atoms with Crippen LogP contribution in [0.2, 0.25) is 0 Å². The van der Waals surface area contributed by atoms with E-state index in [1.165, 1.54) is 18.2 Å². The topological polar surface area (TPSA) is 64.3 Å². The number of nitrogens with two attached hydrogens (primary N) is 1. The van der Waals surface area contributed by atoms with Crippen molar-refractivity contribution in [1.82, 2.24) is 0 Å². The number of hydrogen-bond donors (Lipinski definition) is 2. The second kappa shape index (κ2) is 5.14. The molecule has 1 aromatic rings. The summed E-state index contributed by atoms with van der Waals surface area (Å²) in [4.78, 5) is 11.5. The summed E-state index contributed by atoms with van der Waals surface area (Å²) in [6, 6.07) is 4.00. The second-order valence-corrected chi connectivity index (χ2v) is 4.63. The smallest absolute Gasteiger partial charge is 0.412 e. The van der Waals surface area contributed by atoms with E-state index in [-0.39, 0.29) is 12.4 Å². The van der Waals surface area contributed by atoms with Crippen LogP contribution in [0.3, 0.4) is 0 Å². The monoisotopic (exact) mass is 240 g/mol. The molecule has 0 saturated carbocycles. The number of carbonyl (C=O) groups excluding carboxylic acids is 1. The Hall–Kier alpha value is -1.62. The van der Waals surface area contributed by atoms with Gasteiger partial charge in [0.1, 0.15) is 11.4 Å². The Labute approximate surface area is 100.0 Å². The molecular formula is C12H17FN2O2. The normalized spacial score (nSPS) is 11.1. The molecule has 0 heterocycles. The molecule has 0 atom stereocenters. The molecule has 5 heteroatoms. The van der Waals surface area contributed by atoms with Crippen molar-refractivity contribution in [2.45, 2.75) is 32.9 Å². The number of benzene rings is 1. The average molecular weight is 240 g/mol.